The number of ether oxygens (including phenoxy) is 2. The van der Waals surface area contributed by atoms with Crippen LogP contribution in [0.4, 0.5) is 9.52 Å². The van der Waals surface area contributed by atoms with Crippen molar-refractivity contribution < 1.29 is 28.2 Å². The van der Waals surface area contributed by atoms with E-state index in [0.717, 1.165) is 11.3 Å². The number of halogens is 1. The molecule has 0 aliphatic rings. The van der Waals surface area contributed by atoms with Gasteiger partial charge in [0.2, 0.25) is 0 Å². The first-order valence-electron chi connectivity index (χ1n) is 9.08. The second-order valence-corrected chi connectivity index (χ2v) is 7.48. The SMILES string of the molecule is CCOC(=O)c1sc(N(Cc2ccc(F)cc2)C(=O)COC(=O)C(C)C)nc1C. The highest BCUT2D eigenvalue weighted by Crippen LogP contribution is 2.28. The normalized spacial score (nSPS) is 10.7. The van der Waals surface area contributed by atoms with E-state index >= 15 is 0 Å². The van der Waals surface area contributed by atoms with E-state index < -0.39 is 30.3 Å². The van der Waals surface area contributed by atoms with Gasteiger partial charge in [-0.05, 0) is 31.5 Å². The largest absolute Gasteiger partial charge is 0.462 e. The molecule has 0 saturated carbocycles. The maximum absolute atomic E-state index is 13.2. The molecule has 0 N–H and O–H groups in total. The summed E-state index contributed by atoms with van der Waals surface area (Å²) in [5.74, 6) is -2.29. The first-order chi connectivity index (χ1) is 13.7. The summed E-state index contributed by atoms with van der Waals surface area (Å²) in [5.41, 5.74) is 1.08. The Hall–Kier alpha value is -2.81. The minimum atomic E-state index is -0.519. The van der Waals surface area contributed by atoms with Crippen LogP contribution in [0.15, 0.2) is 24.3 Å². The lowest BCUT2D eigenvalue weighted by Crippen LogP contribution is -2.34. The highest BCUT2D eigenvalue weighted by Gasteiger charge is 2.25. The maximum Gasteiger partial charge on any atom is 0.350 e. The average Bonchev–Trinajstić information content (AvgIpc) is 3.06. The van der Waals surface area contributed by atoms with Gasteiger partial charge < -0.3 is 9.47 Å². The Bertz CT molecular complexity index is 879. The summed E-state index contributed by atoms with van der Waals surface area (Å²) in [6.45, 7) is 6.50. The number of anilines is 1. The average molecular weight is 422 g/mol. The van der Waals surface area contributed by atoms with E-state index in [9.17, 15) is 18.8 Å². The molecular formula is C20H23FN2O5S. The first kappa shape index (κ1) is 22.5. The zero-order valence-corrected chi connectivity index (χ0v) is 17.5. The molecule has 7 nitrogen and oxygen atoms in total. The Kier molecular flexibility index (Phi) is 7.83. The molecule has 156 valence electrons. The molecule has 29 heavy (non-hydrogen) atoms. The molecule has 2 aromatic rings. The summed E-state index contributed by atoms with van der Waals surface area (Å²) in [6.07, 6.45) is 0. The number of amides is 1. The van der Waals surface area contributed by atoms with E-state index in [1.165, 1.54) is 17.0 Å². The van der Waals surface area contributed by atoms with Crippen LogP contribution in [0.3, 0.4) is 0 Å². The van der Waals surface area contributed by atoms with Crippen molar-refractivity contribution in [3.63, 3.8) is 0 Å². The Labute approximate surface area is 172 Å². The van der Waals surface area contributed by atoms with Gasteiger partial charge in [0.15, 0.2) is 11.7 Å². The van der Waals surface area contributed by atoms with E-state index in [4.69, 9.17) is 9.47 Å². The van der Waals surface area contributed by atoms with Crippen molar-refractivity contribution in [1.29, 1.82) is 0 Å². The predicted octanol–water partition coefficient (Wildman–Crippen LogP) is 3.50. The fourth-order valence-corrected chi connectivity index (χ4v) is 3.27. The number of carbonyl (C=O) groups excluding carboxylic acids is 3. The number of rotatable bonds is 8. The number of benzene rings is 1. The fraction of sp³-hybridized carbons (Fsp3) is 0.400. The molecule has 0 saturated heterocycles. The molecule has 1 aromatic heterocycles. The second-order valence-electron chi connectivity index (χ2n) is 6.50. The molecule has 9 heteroatoms. The monoisotopic (exact) mass is 422 g/mol. The van der Waals surface area contributed by atoms with E-state index in [1.54, 1.807) is 39.8 Å². The Morgan fingerprint density at radius 3 is 2.41 bits per heavy atom. The molecule has 0 bridgehead atoms. The van der Waals surface area contributed by atoms with Gasteiger partial charge in [-0.25, -0.2) is 14.2 Å². The number of esters is 2. The Balaban J connectivity index is 2.29. The summed E-state index contributed by atoms with van der Waals surface area (Å²) in [6, 6.07) is 5.66. The number of carbonyl (C=O) groups is 3. The molecule has 1 aromatic carbocycles. The number of hydrogen-bond acceptors (Lipinski definition) is 7. The molecule has 0 spiro atoms. The molecule has 2 rings (SSSR count). The lowest BCUT2D eigenvalue weighted by molar-refractivity contribution is -0.151. The summed E-state index contributed by atoms with van der Waals surface area (Å²) >= 11 is 1.01. The van der Waals surface area contributed by atoms with Crippen LogP contribution in [0, 0.1) is 18.7 Å². The molecule has 0 atom stereocenters. The van der Waals surface area contributed by atoms with Crippen LogP contribution in [0.5, 0.6) is 0 Å². The highest BCUT2D eigenvalue weighted by atomic mass is 32.1. The van der Waals surface area contributed by atoms with Gasteiger partial charge in [-0.15, -0.1) is 0 Å². The molecule has 0 aliphatic carbocycles. The number of hydrogen-bond donors (Lipinski definition) is 0. The molecule has 1 amide bonds. The van der Waals surface area contributed by atoms with Gasteiger partial charge in [0, 0.05) is 0 Å². The quantitative estimate of drug-likeness (QED) is 0.605. The fourth-order valence-electron chi connectivity index (χ4n) is 2.30. The molecule has 0 fully saturated rings. The second kappa shape index (κ2) is 10.1. The number of thiazole rings is 1. The van der Waals surface area contributed by atoms with Gasteiger partial charge in [0.05, 0.1) is 24.8 Å². The van der Waals surface area contributed by atoms with E-state index in [2.05, 4.69) is 4.98 Å². The smallest absolute Gasteiger partial charge is 0.350 e. The van der Waals surface area contributed by atoms with Crippen LogP contribution in [0.1, 0.15) is 41.7 Å². The summed E-state index contributed by atoms with van der Waals surface area (Å²) in [4.78, 5) is 42.5. The standard InChI is InChI=1S/C20H23FN2O5S/c1-5-27-19(26)17-13(4)22-20(29-17)23(10-14-6-8-15(21)9-7-14)16(24)11-28-18(25)12(2)3/h6-9,12H,5,10-11H2,1-4H3. The molecular weight excluding hydrogens is 399 g/mol. The van der Waals surface area contributed by atoms with Crippen LogP contribution in [-0.2, 0) is 25.6 Å². The Morgan fingerprint density at radius 2 is 1.83 bits per heavy atom. The van der Waals surface area contributed by atoms with Gasteiger partial charge in [0.1, 0.15) is 10.7 Å². The van der Waals surface area contributed by atoms with Crippen LogP contribution < -0.4 is 4.90 Å². The van der Waals surface area contributed by atoms with Crippen LogP contribution in [-0.4, -0.2) is 36.0 Å². The van der Waals surface area contributed by atoms with Crippen molar-refractivity contribution in [3.05, 3.63) is 46.2 Å². The van der Waals surface area contributed by atoms with Gasteiger partial charge in [-0.2, -0.15) is 0 Å². The summed E-state index contributed by atoms with van der Waals surface area (Å²) in [5, 5.41) is 0.264. The molecule has 0 unspecified atom stereocenters. The third-order valence-corrected chi connectivity index (χ3v) is 5.00. The van der Waals surface area contributed by atoms with E-state index in [-0.39, 0.29) is 29.1 Å². The van der Waals surface area contributed by atoms with Gasteiger partial charge in [-0.3, -0.25) is 14.5 Å². The number of aromatic nitrogens is 1. The van der Waals surface area contributed by atoms with Crippen molar-refractivity contribution in [1.82, 2.24) is 4.98 Å². The van der Waals surface area contributed by atoms with Gasteiger partial charge in [-0.1, -0.05) is 37.3 Å². The van der Waals surface area contributed by atoms with Gasteiger partial charge >= 0.3 is 11.9 Å². The zero-order chi connectivity index (χ0) is 21.6. The van der Waals surface area contributed by atoms with Crippen molar-refractivity contribution in [2.24, 2.45) is 5.92 Å². The third-order valence-electron chi connectivity index (χ3n) is 3.84. The lowest BCUT2D eigenvalue weighted by atomic mass is 10.2. The maximum atomic E-state index is 13.2. The van der Waals surface area contributed by atoms with Crippen molar-refractivity contribution >= 4 is 34.3 Å². The van der Waals surface area contributed by atoms with E-state index in [0.29, 0.717) is 11.3 Å². The van der Waals surface area contributed by atoms with Crippen LogP contribution >= 0.6 is 11.3 Å². The lowest BCUT2D eigenvalue weighted by Gasteiger charge is -2.20. The topological polar surface area (TPSA) is 85.8 Å². The van der Waals surface area contributed by atoms with Crippen molar-refractivity contribution in [3.8, 4) is 0 Å². The van der Waals surface area contributed by atoms with Crippen LogP contribution in [0.25, 0.3) is 0 Å². The summed E-state index contributed by atoms with van der Waals surface area (Å²) in [7, 11) is 0. The highest BCUT2D eigenvalue weighted by molar-refractivity contribution is 7.17. The van der Waals surface area contributed by atoms with Crippen molar-refractivity contribution in [2.45, 2.75) is 34.2 Å². The molecule has 1 heterocycles. The summed E-state index contributed by atoms with van der Waals surface area (Å²) < 4.78 is 23.3. The predicted molar refractivity (Wildman–Crippen MR) is 106 cm³/mol. The first-order valence-corrected chi connectivity index (χ1v) is 9.90. The minimum absolute atomic E-state index is 0.0769. The minimum Gasteiger partial charge on any atom is -0.462 e. The third kappa shape index (κ3) is 6.08. The number of nitrogens with zero attached hydrogens (tertiary/aromatic N) is 2. The zero-order valence-electron chi connectivity index (χ0n) is 16.7. The Morgan fingerprint density at radius 1 is 1.17 bits per heavy atom. The van der Waals surface area contributed by atoms with E-state index in [1.807, 2.05) is 0 Å². The van der Waals surface area contributed by atoms with Gasteiger partial charge in [0.25, 0.3) is 5.91 Å². The van der Waals surface area contributed by atoms with Crippen molar-refractivity contribution in [2.75, 3.05) is 18.1 Å². The number of aryl methyl sites for hydroxylation is 1. The molecule has 0 aliphatic heterocycles. The van der Waals surface area contributed by atoms with Crippen LogP contribution in [0.2, 0.25) is 0 Å². The molecule has 0 radical (unpaired) electrons.